The summed E-state index contributed by atoms with van der Waals surface area (Å²) in [5.74, 6) is 0. The van der Waals surface area contributed by atoms with E-state index in [4.69, 9.17) is 22.8 Å². The maximum Gasteiger partial charge on any atom is 0.416 e. The van der Waals surface area contributed by atoms with Crippen molar-refractivity contribution >= 4 is 15.2 Å². The van der Waals surface area contributed by atoms with E-state index in [2.05, 4.69) is 0 Å². The van der Waals surface area contributed by atoms with E-state index in [1.54, 1.807) is 27.7 Å². The number of rotatable bonds is 11. The van der Waals surface area contributed by atoms with E-state index < -0.39 is 38.1 Å². The topological polar surface area (TPSA) is 83.6 Å². The van der Waals surface area contributed by atoms with Crippen LogP contribution in [-0.4, -0.2) is 31.5 Å². The molecule has 0 radical (unpaired) electrons. The van der Waals surface area contributed by atoms with Gasteiger partial charge in [0.05, 0.1) is 32.0 Å². The molecule has 1 aliphatic heterocycles. The van der Waals surface area contributed by atoms with E-state index >= 15 is 0 Å². The molecule has 1 fully saturated rings. The van der Waals surface area contributed by atoms with Crippen LogP contribution in [0.3, 0.4) is 0 Å². The molecule has 1 heterocycles. The molecule has 0 N–H and O–H groups in total. The molecule has 0 aromatic heterocycles. The second kappa shape index (κ2) is 9.18. The third-order valence-corrected chi connectivity index (χ3v) is 10.2. The Kier molecular flexibility index (Phi) is 7.77. The summed E-state index contributed by atoms with van der Waals surface area (Å²) in [6.07, 6.45) is -5.67. The summed E-state index contributed by atoms with van der Waals surface area (Å²) in [6, 6.07) is 4.06. The summed E-state index contributed by atoms with van der Waals surface area (Å²) in [4.78, 5) is 0. The van der Waals surface area contributed by atoms with Crippen LogP contribution in [0.2, 0.25) is 0 Å². The van der Waals surface area contributed by atoms with E-state index in [0.29, 0.717) is 0 Å². The van der Waals surface area contributed by atoms with Gasteiger partial charge in [-0.2, -0.15) is 13.2 Å². The van der Waals surface area contributed by atoms with Gasteiger partial charge in [0.15, 0.2) is 0 Å². The Bertz CT molecular complexity index is 732. The second-order valence-corrected chi connectivity index (χ2v) is 10.6. The van der Waals surface area contributed by atoms with Crippen molar-refractivity contribution in [1.82, 2.24) is 0 Å². The van der Waals surface area contributed by atoms with Crippen LogP contribution in [0.25, 0.3) is 0 Å². The normalized spacial score (nSPS) is 19.3. The van der Waals surface area contributed by atoms with Gasteiger partial charge in [-0.1, -0.05) is 12.1 Å². The Morgan fingerprint density at radius 2 is 1.24 bits per heavy atom. The number of halogens is 3. The molecule has 1 saturated heterocycles. The lowest BCUT2D eigenvalue weighted by Gasteiger charge is -2.29. The van der Waals surface area contributed by atoms with E-state index in [-0.39, 0.29) is 32.0 Å². The van der Waals surface area contributed by atoms with Crippen LogP contribution in [-0.2, 0) is 38.1 Å². The molecule has 1 unspecified atom stereocenters. The first kappa shape index (κ1) is 24.5. The molecule has 29 heavy (non-hydrogen) atoms. The first-order valence-electron chi connectivity index (χ1n) is 9.18. The lowest BCUT2D eigenvalue weighted by atomic mass is 10.1. The van der Waals surface area contributed by atoms with Crippen molar-refractivity contribution in [2.45, 2.75) is 45.1 Å². The highest BCUT2D eigenvalue weighted by molar-refractivity contribution is 7.74. The molecule has 0 bridgehead atoms. The van der Waals surface area contributed by atoms with Crippen molar-refractivity contribution in [1.29, 1.82) is 0 Å². The summed E-state index contributed by atoms with van der Waals surface area (Å²) in [7, 11) is -8.43. The first-order chi connectivity index (χ1) is 13.5. The summed E-state index contributed by atoms with van der Waals surface area (Å²) >= 11 is 0. The molecule has 1 aliphatic rings. The zero-order valence-electron chi connectivity index (χ0n) is 16.6. The van der Waals surface area contributed by atoms with E-state index in [9.17, 15) is 22.3 Å². The SMILES string of the molecule is CCOP(=O)(OCC)C1(P(=O)(OCC)OCC)OC1c1ccc(C(F)(F)F)cc1. The predicted octanol–water partition coefficient (Wildman–Crippen LogP) is 5.96. The molecule has 7 nitrogen and oxygen atoms in total. The average Bonchev–Trinajstić information content (AvgIpc) is 3.40. The molecule has 0 spiro atoms. The molecule has 2 rings (SSSR count). The minimum atomic E-state index is -4.52. The van der Waals surface area contributed by atoms with Gasteiger partial charge < -0.3 is 22.8 Å². The van der Waals surface area contributed by atoms with Crippen molar-refractivity contribution in [2.75, 3.05) is 26.4 Å². The minimum Gasteiger partial charge on any atom is -0.337 e. The first-order valence-corrected chi connectivity index (χ1v) is 12.3. The molecular formula is C17H25F3O7P2. The maximum atomic E-state index is 13.6. The number of ether oxygens (including phenoxy) is 1. The summed E-state index contributed by atoms with van der Waals surface area (Å²) in [6.45, 7) is 6.12. The third kappa shape index (κ3) is 4.49. The van der Waals surface area contributed by atoms with Gasteiger partial charge >= 0.3 is 26.5 Å². The van der Waals surface area contributed by atoms with Gasteiger partial charge in [0.1, 0.15) is 6.10 Å². The molecule has 12 heteroatoms. The van der Waals surface area contributed by atoms with Gasteiger partial charge in [-0.3, -0.25) is 9.13 Å². The third-order valence-electron chi connectivity index (χ3n) is 4.10. The fourth-order valence-electron chi connectivity index (χ4n) is 2.96. The van der Waals surface area contributed by atoms with Crippen molar-refractivity contribution in [3.63, 3.8) is 0 Å². The van der Waals surface area contributed by atoms with Crippen molar-refractivity contribution in [3.05, 3.63) is 35.4 Å². The van der Waals surface area contributed by atoms with Gasteiger partial charge in [-0.05, 0) is 45.4 Å². The quantitative estimate of drug-likeness (QED) is 0.298. The lowest BCUT2D eigenvalue weighted by molar-refractivity contribution is -0.137. The van der Waals surface area contributed by atoms with Crippen molar-refractivity contribution < 1.29 is 45.1 Å². The number of benzene rings is 1. The molecule has 0 amide bonds. The highest BCUT2D eigenvalue weighted by Crippen LogP contribution is 2.89. The van der Waals surface area contributed by atoms with Crippen LogP contribution in [0.5, 0.6) is 0 Å². The average molecular weight is 460 g/mol. The summed E-state index contributed by atoms with van der Waals surface area (Å²) in [5.41, 5.74) is -0.639. The fraction of sp³-hybridized carbons (Fsp3) is 0.647. The second-order valence-electron chi connectivity index (χ2n) is 5.94. The van der Waals surface area contributed by atoms with Gasteiger partial charge in [-0.25, -0.2) is 0 Å². The van der Waals surface area contributed by atoms with Crippen LogP contribution in [0.4, 0.5) is 13.2 Å². The van der Waals surface area contributed by atoms with Crippen LogP contribution >= 0.6 is 15.2 Å². The Hall–Kier alpha value is -0.730. The van der Waals surface area contributed by atoms with Crippen LogP contribution in [0.1, 0.15) is 44.9 Å². The van der Waals surface area contributed by atoms with Crippen LogP contribution in [0.15, 0.2) is 24.3 Å². The molecule has 1 atom stereocenters. The smallest absolute Gasteiger partial charge is 0.337 e. The minimum absolute atomic E-state index is 0.0413. The van der Waals surface area contributed by atoms with Gasteiger partial charge in [0.25, 0.3) is 0 Å². The van der Waals surface area contributed by atoms with Gasteiger partial charge in [-0.15, -0.1) is 0 Å². The Balaban J connectivity index is 2.56. The number of hydrogen-bond acceptors (Lipinski definition) is 7. The maximum absolute atomic E-state index is 13.6. The Morgan fingerprint density at radius 1 is 0.862 bits per heavy atom. The van der Waals surface area contributed by atoms with E-state index in [1.165, 1.54) is 12.1 Å². The number of alkyl halides is 3. The highest BCUT2D eigenvalue weighted by atomic mass is 31.2. The van der Waals surface area contributed by atoms with Crippen LogP contribution < -0.4 is 0 Å². The van der Waals surface area contributed by atoms with E-state index in [1.807, 2.05) is 0 Å². The van der Waals surface area contributed by atoms with Gasteiger partial charge in [0, 0.05) is 0 Å². The molecular weight excluding hydrogens is 435 g/mol. The Labute approximate surface area is 167 Å². The highest BCUT2D eigenvalue weighted by Gasteiger charge is 2.83. The van der Waals surface area contributed by atoms with E-state index in [0.717, 1.165) is 12.1 Å². The summed E-state index contributed by atoms with van der Waals surface area (Å²) in [5, 5.41) is -2.10. The summed E-state index contributed by atoms with van der Waals surface area (Å²) < 4.78 is 92.9. The molecule has 166 valence electrons. The fourth-order valence-corrected chi connectivity index (χ4v) is 8.45. The molecule has 1 aromatic rings. The zero-order valence-corrected chi connectivity index (χ0v) is 18.4. The molecule has 0 aliphatic carbocycles. The monoisotopic (exact) mass is 460 g/mol. The molecule has 0 saturated carbocycles. The largest absolute Gasteiger partial charge is 0.416 e. The van der Waals surface area contributed by atoms with Gasteiger partial charge in [0.2, 0.25) is 0 Å². The predicted molar refractivity (Wildman–Crippen MR) is 99.7 cm³/mol. The standard InChI is InChI=1S/C17H25F3O7P2/c1-5-23-28(21,24-6-2)17(29(22,25-7-3)26-8-4)15(27-17)13-9-11-14(12-10-13)16(18,19)20/h9-12,15H,5-8H2,1-4H3. The molecule has 1 aromatic carbocycles. The lowest BCUT2D eigenvalue weighted by Crippen LogP contribution is -2.21. The van der Waals surface area contributed by atoms with Crippen molar-refractivity contribution in [3.8, 4) is 0 Å². The number of hydrogen-bond donors (Lipinski definition) is 0. The van der Waals surface area contributed by atoms with Crippen molar-refractivity contribution in [2.24, 2.45) is 0 Å². The van der Waals surface area contributed by atoms with Crippen LogP contribution in [0, 0.1) is 0 Å². The Morgan fingerprint density at radius 3 is 1.55 bits per heavy atom. The zero-order chi connectivity index (χ0) is 21.9. The number of epoxide rings is 1.